The monoisotopic (exact) mass is 294 g/mol. The lowest BCUT2D eigenvalue weighted by Crippen LogP contribution is -2.08. The van der Waals surface area contributed by atoms with Crippen molar-refractivity contribution in [2.75, 3.05) is 20.3 Å². The summed E-state index contributed by atoms with van der Waals surface area (Å²) in [7, 11) is 1.66. The van der Waals surface area contributed by atoms with Crippen LogP contribution in [0.3, 0.4) is 0 Å². The van der Waals surface area contributed by atoms with Gasteiger partial charge in [-0.2, -0.15) is 0 Å². The van der Waals surface area contributed by atoms with E-state index in [9.17, 15) is 9.59 Å². The summed E-state index contributed by atoms with van der Waals surface area (Å²) in [6, 6.07) is 4.97. The van der Waals surface area contributed by atoms with Crippen LogP contribution in [0.15, 0.2) is 18.2 Å². The zero-order valence-electron chi connectivity index (χ0n) is 12.8. The topological polar surface area (TPSA) is 61.8 Å². The van der Waals surface area contributed by atoms with Crippen molar-refractivity contribution >= 4 is 11.9 Å². The molecule has 0 atom stereocenters. The average molecular weight is 294 g/mol. The number of benzene rings is 1. The highest BCUT2D eigenvalue weighted by molar-refractivity contribution is 5.90. The third-order valence-corrected chi connectivity index (χ3v) is 2.87. The minimum Gasteiger partial charge on any atom is -0.462 e. The van der Waals surface area contributed by atoms with E-state index >= 15 is 0 Å². The predicted molar refractivity (Wildman–Crippen MR) is 78.5 cm³/mol. The molecule has 0 bridgehead atoms. The first-order valence-corrected chi connectivity index (χ1v) is 7.05. The zero-order valence-corrected chi connectivity index (χ0v) is 12.8. The van der Waals surface area contributed by atoms with Crippen LogP contribution in [0.1, 0.15) is 42.6 Å². The Balaban J connectivity index is 2.87. The lowest BCUT2D eigenvalue weighted by molar-refractivity contribution is -0.131. The molecular formula is C16H22O5. The first-order valence-electron chi connectivity index (χ1n) is 7.05. The highest BCUT2D eigenvalue weighted by atomic mass is 16.5. The fourth-order valence-corrected chi connectivity index (χ4v) is 1.93. The van der Waals surface area contributed by atoms with Gasteiger partial charge in [0.2, 0.25) is 0 Å². The van der Waals surface area contributed by atoms with Gasteiger partial charge in [-0.05, 0) is 49.9 Å². The molecule has 0 heterocycles. The van der Waals surface area contributed by atoms with E-state index in [2.05, 4.69) is 0 Å². The van der Waals surface area contributed by atoms with E-state index in [0.717, 1.165) is 18.4 Å². The molecule has 0 aromatic heterocycles. The molecule has 116 valence electrons. The van der Waals surface area contributed by atoms with Gasteiger partial charge in [0.1, 0.15) is 5.75 Å². The van der Waals surface area contributed by atoms with Gasteiger partial charge < -0.3 is 14.2 Å². The number of ether oxygens (including phenoxy) is 3. The standard InChI is InChI=1S/C16H22O5/c1-4-20-16(18)14-8-9-15(21-12(2)17)13(11-14)7-5-6-10-19-3/h8-9,11H,4-7,10H2,1-3H3. The molecular weight excluding hydrogens is 272 g/mol. The third kappa shape index (κ3) is 5.95. The normalized spacial score (nSPS) is 10.2. The Morgan fingerprint density at radius 3 is 2.57 bits per heavy atom. The van der Waals surface area contributed by atoms with E-state index in [0.29, 0.717) is 30.9 Å². The highest BCUT2D eigenvalue weighted by Gasteiger charge is 2.12. The molecule has 0 saturated heterocycles. The number of carbonyl (C=O) groups excluding carboxylic acids is 2. The molecule has 0 aliphatic heterocycles. The summed E-state index contributed by atoms with van der Waals surface area (Å²) in [5.74, 6) is -0.255. The summed E-state index contributed by atoms with van der Waals surface area (Å²) in [6.45, 7) is 4.12. The van der Waals surface area contributed by atoms with Gasteiger partial charge in [-0.15, -0.1) is 0 Å². The number of carbonyl (C=O) groups is 2. The van der Waals surface area contributed by atoms with Crippen molar-refractivity contribution in [1.82, 2.24) is 0 Å². The number of methoxy groups -OCH3 is 1. The zero-order chi connectivity index (χ0) is 15.7. The lowest BCUT2D eigenvalue weighted by Gasteiger charge is -2.11. The van der Waals surface area contributed by atoms with Crippen LogP contribution in [-0.2, 0) is 20.7 Å². The molecule has 0 N–H and O–H groups in total. The van der Waals surface area contributed by atoms with Crippen molar-refractivity contribution in [2.24, 2.45) is 0 Å². The number of esters is 2. The molecule has 0 spiro atoms. The Bertz CT molecular complexity index is 482. The van der Waals surface area contributed by atoms with Crippen molar-refractivity contribution in [1.29, 1.82) is 0 Å². The molecule has 0 radical (unpaired) electrons. The molecule has 5 nitrogen and oxygen atoms in total. The van der Waals surface area contributed by atoms with E-state index in [1.54, 1.807) is 32.2 Å². The maximum Gasteiger partial charge on any atom is 0.338 e. The van der Waals surface area contributed by atoms with Gasteiger partial charge in [0.15, 0.2) is 0 Å². The summed E-state index contributed by atoms with van der Waals surface area (Å²) in [6.07, 6.45) is 2.49. The van der Waals surface area contributed by atoms with Crippen molar-refractivity contribution in [3.8, 4) is 5.75 Å². The molecule has 0 saturated carbocycles. The number of aryl methyl sites for hydroxylation is 1. The van der Waals surface area contributed by atoms with Gasteiger partial charge >= 0.3 is 11.9 Å². The van der Waals surface area contributed by atoms with E-state index in [-0.39, 0.29) is 11.9 Å². The fourth-order valence-electron chi connectivity index (χ4n) is 1.93. The van der Waals surface area contributed by atoms with E-state index in [4.69, 9.17) is 14.2 Å². The Hall–Kier alpha value is -1.88. The Labute approximate surface area is 125 Å². The Morgan fingerprint density at radius 2 is 1.95 bits per heavy atom. The summed E-state index contributed by atoms with van der Waals surface area (Å²) in [5, 5.41) is 0. The fraction of sp³-hybridized carbons (Fsp3) is 0.500. The number of rotatable bonds is 8. The molecule has 21 heavy (non-hydrogen) atoms. The Kier molecular flexibility index (Phi) is 7.46. The molecule has 0 aliphatic rings. The van der Waals surface area contributed by atoms with Gasteiger partial charge in [0, 0.05) is 20.6 Å². The van der Waals surface area contributed by atoms with Crippen molar-refractivity contribution in [3.63, 3.8) is 0 Å². The van der Waals surface area contributed by atoms with Gasteiger partial charge in [0.25, 0.3) is 0 Å². The maximum absolute atomic E-state index is 11.8. The molecule has 1 aromatic carbocycles. The molecule has 0 unspecified atom stereocenters. The van der Waals surface area contributed by atoms with Crippen molar-refractivity contribution in [3.05, 3.63) is 29.3 Å². The number of hydrogen-bond acceptors (Lipinski definition) is 5. The molecule has 1 aromatic rings. The van der Waals surface area contributed by atoms with Crippen molar-refractivity contribution < 1.29 is 23.8 Å². The second-order valence-corrected chi connectivity index (χ2v) is 4.59. The minimum absolute atomic E-state index is 0.327. The largest absolute Gasteiger partial charge is 0.462 e. The minimum atomic E-state index is -0.378. The van der Waals surface area contributed by atoms with Gasteiger partial charge in [-0.3, -0.25) is 4.79 Å². The molecule has 5 heteroatoms. The predicted octanol–water partition coefficient (Wildman–Crippen LogP) is 2.76. The van der Waals surface area contributed by atoms with Gasteiger partial charge in [0.05, 0.1) is 12.2 Å². The molecule has 0 fully saturated rings. The first-order chi connectivity index (χ1) is 10.1. The lowest BCUT2D eigenvalue weighted by atomic mass is 10.0. The quantitative estimate of drug-likeness (QED) is 0.419. The first kappa shape index (κ1) is 17.2. The van der Waals surface area contributed by atoms with Crippen LogP contribution < -0.4 is 4.74 Å². The van der Waals surface area contributed by atoms with Crippen LogP contribution in [0, 0.1) is 0 Å². The molecule has 0 aliphatic carbocycles. The van der Waals surface area contributed by atoms with Crippen LogP contribution >= 0.6 is 0 Å². The summed E-state index contributed by atoms with van der Waals surface area (Å²) >= 11 is 0. The Morgan fingerprint density at radius 1 is 1.19 bits per heavy atom. The van der Waals surface area contributed by atoms with Gasteiger partial charge in [-0.1, -0.05) is 0 Å². The van der Waals surface area contributed by atoms with E-state index in [1.807, 2.05) is 0 Å². The van der Waals surface area contributed by atoms with E-state index in [1.165, 1.54) is 6.92 Å². The third-order valence-electron chi connectivity index (χ3n) is 2.87. The maximum atomic E-state index is 11.8. The number of hydrogen-bond donors (Lipinski definition) is 0. The van der Waals surface area contributed by atoms with Crippen LogP contribution in [0.4, 0.5) is 0 Å². The average Bonchev–Trinajstić information content (AvgIpc) is 2.44. The highest BCUT2D eigenvalue weighted by Crippen LogP contribution is 2.23. The summed E-state index contributed by atoms with van der Waals surface area (Å²) in [4.78, 5) is 22.9. The second kappa shape index (κ2) is 9.13. The van der Waals surface area contributed by atoms with E-state index < -0.39 is 0 Å². The van der Waals surface area contributed by atoms with Crippen molar-refractivity contribution in [2.45, 2.75) is 33.1 Å². The van der Waals surface area contributed by atoms with Crippen LogP contribution in [0.2, 0.25) is 0 Å². The number of unbranched alkanes of at least 4 members (excludes halogenated alkanes) is 1. The SMILES string of the molecule is CCOC(=O)c1ccc(OC(C)=O)c(CCCCOC)c1. The summed E-state index contributed by atoms with van der Waals surface area (Å²) in [5.41, 5.74) is 1.29. The van der Waals surface area contributed by atoms with Crippen LogP contribution in [-0.4, -0.2) is 32.3 Å². The second-order valence-electron chi connectivity index (χ2n) is 4.59. The molecule has 1 rings (SSSR count). The van der Waals surface area contributed by atoms with Crippen LogP contribution in [0.5, 0.6) is 5.75 Å². The molecule has 0 amide bonds. The summed E-state index contributed by atoms with van der Waals surface area (Å²) < 4.78 is 15.2. The van der Waals surface area contributed by atoms with Gasteiger partial charge in [-0.25, -0.2) is 4.79 Å². The smallest absolute Gasteiger partial charge is 0.338 e. The van der Waals surface area contributed by atoms with Crippen LogP contribution in [0.25, 0.3) is 0 Å².